The van der Waals surface area contributed by atoms with E-state index < -0.39 is 29.8 Å². The Kier molecular flexibility index (Phi) is 7.48. The van der Waals surface area contributed by atoms with Crippen molar-refractivity contribution in [2.45, 2.75) is 52.4 Å². The SMILES string of the molecule is CNC(C)C(=O)NC(C(=O)N1Cc2ccccc2[C@H]1C(=O)Nc1c(C)cccc1F)C(C)C. The van der Waals surface area contributed by atoms with Crippen LogP contribution < -0.4 is 16.0 Å². The highest BCUT2D eigenvalue weighted by molar-refractivity contribution is 6.00. The highest BCUT2D eigenvalue weighted by Gasteiger charge is 2.42. The maximum absolute atomic E-state index is 14.4. The van der Waals surface area contributed by atoms with Gasteiger partial charge in [0.25, 0.3) is 5.91 Å². The number of hydrogen-bond donors (Lipinski definition) is 3. The van der Waals surface area contributed by atoms with Gasteiger partial charge in [0.15, 0.2) is 0 Å². The summed E-state index contributed by atoms with van der Waals surface area (Å²) in [6.45, 7) is 7.32. The van der Waals surface area contributed by atoms with Gasteiger partial charge in [-0.3, -0.25) is 14.4 Å². The Morgan fingerprint density at radius 3 is 2.39 bits per heavy atom. The number of nitrogens with zero attached hydrogens (tertiary/aromatic N) is 1. The van der Waals surface area contributed by atoms with Crippen LogP contribution in [0.2, 0.25) is 0 Å². The van der Waals surface area contributed by atoms with Gasteiger partial charge in [-0.1, -0.05) is 50.2 Å². The molecule has 3 atom stereocenters. The average molecular weight is 455 g/mol. The summed E-state index contributed by atoms with van der Waals surface area (Å²) in [6.07, 6.45) is 0. The molecule has 33 heavy (non-hydrogen) atoms. The van der Waals surface area contributed by atoms with E-state index in [9.17, 15) is 18.8 Å². The zero-order chi connectivity index (χ0) is 24.3. The van der Waals surface area contributed by atoms with Crippen LogP contribution >= 0.6 is 0 Å². The van der Waals surface area contributed by atoms with E-state index >= 15 is 0 Å². The van der Waals surface area contributed by atoms with Crippen LogP contribution in [0.4, 0.5) is 10.1 Å². The minimum Gasteiger partial charge on any atom is -0.343 e. The van der Waals surface area contributed by atoms with Crippen LogP contribution in [0.3, 0.4) is 0 Å². The third-order valence-electron chi connectivity index (χ3n) is 6.06. The van der Waals surface area contributed by atoms with Gasteiger partial charge >= 0.3 is 0 Å². The topological polar surface area (TPSA) is 90.5 Å². The summed E-state index contributed by atoms with van der Waals surface area (Å²) in [7, 11) is 1.67. The zero-order valence-electron chi connectivity index (χ0n) is 19.6. The molecule has 2 aromatic rings. The predicted molar refractivity (Wildman–Crippen MR) is 125 cm³/mol. The number of rotatable bonds is 7. The molecule has 2 unspecified atom stereocenters. The Bertz CT molecular complexity index is 1040. The van der Waals surface area contributed by atoms with Crippen molar-refractivity contribution in [3.8, 4) is 0 Å². The smallest absolute Gasteiger partial charge is 0.251 e. The number of aryl methyl sites for hydroxylation is 1. The molecule has 0 aliphatic carbocycles. The molecule has 1 aliphatic heterocycles. The van der Waals surface area contributed by atoms with Gasteiger partial charge in [-0.25, -0.2) is 4.39 Å². The van der Waals surface area contributed by atoms with Gasteiger partial charge in [0.1, 0.15) is 17.9 Å². The molecule has 8 heteroatoms. The van der Waals surface area contributed by atoms with Crippen molar-refractivity contribution in [1.82, 2.24) is 15.5 Å². The highest BCUT2D eigenvalue weighted by atomic mass is 19.1. The first kappa shape index (κ1) is 24.4. The van der Waals surface area contributed by atoms with Gasteiger partial charge < -0.3 is 20.9 Å². The molecule has 1 heterocycles. The molecular formula is C25H31FN4O3. The van der Waals surface area contributed by atoms with Crippen LogP contribution in [0.15, 0.2) is 42.5 Å². The second-order valence-electron chi connectivity index (χ2n) is 8.73. The molecule has 1 aliphatic rings. The summed E-state index contributed by atoms with van der Waals surface area (Å²) in [4.78, 5) is 41.0. The van der Waals surface area contributed by atoms with Crippen molar-refractivity contribution in [3.05, 3.63) is 65.0 Å². The Balaban J connectivity index is 1.93. The van der Waals surface area contributed by atoms with Crippen LogP contribution in [-0.4, -0.2) is 41.8 Å². The Morgan fingerprint density at radius 1 is 1.06 bits per heavy atom. The van der Waals surface area contributed by atoms with E-state index in [4.69, 9.17) is 0 Å². The second kappa shape index (κ2) is 10.1. The first-order valence-electron chi connectivity index (χ1n) is 11.1. The molecule has 0 bridgehead atoms. The first-order chi connectivity index (χ1) is 15.6. The Morgan fingerprint density at radius 2 is 1.76 bits per heavy atom. The lowest BCUT2D eigenvalue weighted by atomic mass is 10.0. The van der Waals surface area contributed by atoms with Crippen molar-refractivity contribution < 1.29 is 18.8 Å². The van der Waals surface area contributed by atoms with E-state index in [0.717, 1.165) is 5.56 Å². The monoisotopic (exact) mass is 454 g/mol. The van der Waals surface area contributed by atoms with E-state index in [0.29, 0.717) is 11.1 Å². The number of likely N-dealkylation sites (N-methyl/N-ethyl adjacent to an activating group) is 1. The first-order valence-corrected chi connectivity index (χ1v) is 11.1. The van der Waals surface area contributed by atoms with Crippen LogP contribution in [0.5, 0.6) is 0 Å². The number of fused-ring (bicyclic) bond motifs is 1. The van der Waals surface area contributed by atoms with Crippen LogP contribution in [0.25, 0.3) is 0 Å². The number of carbonyl (C=O) groups excluding carboxylic acids is 3. The molecule has 3 N–H and O–H groups in total. The molecule has 3 amide bonds. The molecule has 0 fully saturated rings. The van der Waals surface area contributed by atoms with E-state index in [1.165, 1.54) is 11.0 Å². The van der Waals surface area contributed by atoms with Gasteiger partial charge in [-0.2, -0.15) is 0 Å². The minimum atomic E-state index is -0.937. The molecular weight excluding hydrogens is 423 g/mol. The molecule has 0 radical (unpaired) electrons. The van der Waals surface area contributed by atoms with E-state index in [-0.39, 0.29) is 30.0 Å². The van der Waals surface area contributed by atoms with E-state index in [2.05, 4.69) is 16.0 Å². The quantitative estimate of drug-likeness (QED) is 0.600. The summed E-state index contributed by atoms with van der Waals surface area (Å²) < 4.78 is 14.4. The number of nitrogens with one attached hydrogen (secondary N) is 3. The number of anilines is 1. The van der Waals surface area contributed by atoms with Crippen molar-refractivity contribution in [3.63, 3.8) is 0 Å². The van der Waals surface area contributed by atoms with Crippen LogP contribution in [0, 0.1) is 18.7 Å². The van der Waals surface area contributed by atoms with E-state index in [1.54, 1.807) is 45.2 Å². The van der Waals surface area contributed by atoms with Gasteiger partial charge in [-0.15, -0.1) is 0 Å². The number of halogens is 1. The minimum absolute atomic E-state index is 0.0934. The van der Waals surface area contributed by atoms with Gasteiger partial charge in [0.05, 0.1) is 11.7 Å². The number of benzene rings is 2. The lowest BCUT2D eigenvalue weighted by molar-refractivity contribution is -0.143. The molecule has 2 aromatic carbocycles. The summed E-state index contributed by atoms with van der Waals surface area (Å²) in [6, 6.07) is 9.65. The lowest BCUT2D eigenvalue weighted by Gasteiger charge is -2.31. The predicted octanol–water partition coefficient (Wildman–Crippen LogP) is 2.90. The average Bonchev–Trinajstić information content (AvgIpc) is 3.18. The normalized spacial score (nSPS) is 16.8. The van der Waals surface area contributed by atoms with Gasteiger partial charge in [0, 0.05) is 6.54 Å². The molecule has 176 valence electrons. The van der Waals surface area contributed by atoms with Crippen molar-refractivity contribution in [1.29, 1.82) is 0 Å². The number of amides is 3. The summed E-state index contributed by atoms with van der Waals surface area (Å²) in [5, 5.41) is 8.35. The lowest BCUT2D eigenvalue weighted by Crippen LogP contribution is -2.55. The molecule has 0 spiro atoms. The maximum atomic E-state index is 14.4. The fourth-order valence-electron chi connectivity index (χ4n) is 3.96. The number of carbonyl (C=O) groups is 3. The van der Waals surface area contributed by atoms with Gasteiger partial charge in [0.2, 0.25) is 11.8 Å². The Labute approximate surface area is 193 Å². The highest BCUT2D eigenvalue weighted by Crippen LogP contribution is 2.36. The number of hydrogen-bond acceptors (Lipinski definition) is 4. The molecule has 0 saturated heterocycles. The van der Waals surface area contributed by atoms with Gasteiger partial charge in [-0.05, 0) is 49.6 Å². The molecule has 0 saturated carbocycles. The maximum Gasteiger partial charge on any atom is 0.251 e. The Hall–Kier alpha value is -3.26. The van der Waals surface area contributed by atoms with Crippen LogP contribution in [-0.2, 0) is 20.9 Å². The van der Waals surface area contributed by atoms with Crippen LogP contribution in [0.1, 0.15) is 43.5 Å². The van der Waals surface area contributed by atoms with Crippen molar-refractivity contribution in [2.24, 2.45) is 5.92 Å². The summed E-state index contributed by atoms with van der Waals surface area (Å²) in [5.41, 5.74) is 2.21. The third-order valence-corrected chi connectivity index (χ3v) is 6.06. The molecule has 3 rings (SSSR count). The third kappa shape index (κ3) is 5.06. The fraction of sp³-hybridized carbons (Fsp3) is 0.400. The zero-order valence-corrected chi connectivity index (χ0v) is 19.6. The van der Waals surface area contributed by atoms with Crippen molar-refractivity contribution in [2.75, 3.05) is 12.4 Å². The second-order valence-corrected chi connectivity index (χ2v) is 8.73. The van der Waals surface area contributed by atoms with E-state index in [1.807, 2.05) is 26.0 Å². The fourth-order valence-corrected chi connectivity index (χ4v) is 3.96. The largest absolute Gasteiger partial charge is 0.343 e. The van der Waals surface area contributed by atoms with Crippen molar-refractivity contribution >= 4 is 23.4 Å². The molecule has 0 aromatic heterocycles. The molecule has 7 nitrogen and oxygen atoms in total. The summed E-state index contributed by atoms with van der Waals surface area (Å²) >= 11 is 0. The number of para-hydroxylation sites is 1. The standard InChI is InChI=1S/C25H31FN4O3/c1-14(2)20(28-23(31)16(4)27-5)25(33)30-13-17-10-6-7-11-18(17)22(30)24(32)29-21-15(3)9-8-12-19(21)26/h6-12,14,16,20,22,27H,13H2,1-5H3,(H,28,31)(H,29,32)/t16?,20?,22-/m0/s1. The summed E-state index contributed by atoms with van der Waals surface area (Å²) in [5.74, 6) is -1.90.